The molecule has 2 amide bonds. The van der Waals surface area contributed by atoms with E-state index in [1.807, 2.05) is 12.1 Å². The van der Waals surface area contributed by atoms with Crippen LogP contribution in [0.3, 0.4) is 0 Å². The van der Waals surface area contributed by atoms with Crippen molar-refractivity contribution in [1.82, 2.24) is 0 Å². The molecule has 0 saturated heterocycles. The van der Waals surface area contributed by atoms with E-state index >= 15 is 0 Å². The highest BCUT2D eigenvalue weighted by Gasteiger charge is 2.40. The summed E-state index contributed by atoms with van der Waals surface area (Å²) in [6.45, 7) is 0. The lowest BCUT2D eigenvalue weighted by Gasteiger charge is -2.16. The number of thioether (sulfide) groups is 1. The number of carbonyl (C=O) groups is 2. The fourth-order valence-corrected chi connectivity index (χ4v) is 4.75. The maximum atomic E-state index is 13.3. The molecule has 31 heavy (non-hydrogen) atoms. The number of nitrogens with zero attached hydrogens (tertiary/aromatic N) is 1. The summed E-state index contributed by atoms with van der Waals surface area (Å²) in [6, 6.07) is 18.9. The first kappa shape index (κ1) is 22.2. The smallest absolute Gasteiger partial charge is 0.283 e. The Kier molecular flexibility index (Phi) is 6.65. The van der Waals surface area contributed by atoms with Crippen molar-refractivity contribution in [1.29, 1.82) is 0 Å². The molecular weight excluding hydrogens is 543 g/mol. The number of nitrogens with one attached hydrogen (secondary N) is 1. The molecule has 9 heteroatoms. The first-order valence-electron chi connectivity index (χ1n) is 8.87. The number of carbonyl (C=O) groups excluding carboxylic acids is 2. The van der Waals surface area contributed by atoms with Crippen molar-refractivity contribution in [2.24, 2.45) is 0 Å². The van der Waals surface area contributed by atoms with Gasteiger partial charge in [0.25, 0.3) is 11.8 Å². The third-order valence-electron chi connectivity index (χ3n) is 4.29. The Balaban J connectivity index is 1.75. The average molecular weight is 555 g/mol. The number of amides is 2. The lowest BCUT2D eigenvalue weighted by Crippen LogP contribution is -2.32. The molecule has 3 aromatic rings. The van der Waals surface area contributed by atoms with Crippen LogP contribution >= 0.6 is 62.5 Å². The van der Waals surface area contributed by atoms with Gasteiger partial charge in [-0.3, -0.25) is 9.59 Å². The molecule has 3 aromatic carbocycles. The molecule has 4 rings (SSSR count). The number of imide groups is 1. The van der Waals surface area contributed by atoms with E-state index in [-0.39, 0.29) is 10.6 Å². The topological polar surface area (TPSA) is 49.4 Å². The van der Waals surface area contributed by atoms with Crippen LogP contribution in [0.15, 0.2) is 86.7 Å². The van der Waals surface area contributed by atoms with E-state index in [1.54, 1.807) is 36.4 Å². The van der Waals surface area contributed by atoms with Crippen molar-refractivity contribution >= 4 is 85.7 Å². The molecule has 4 nitrogen and oxygen atoms in total. The molecule has 0 bridgehead atoms. The summed E-state index contributed by atoms with van der Waals surface area (Å²) in [5.41, 5.74) is 1.14. The molecule has 1 aliphatic rings. The van der Waals surface area contributed by atoms with Crippen molar-refractivity contribution < 1.29 is 9.59 Å². The van der Waals surface area contributed by atoms with E-state index in [1.165, 1.54) is 30.0 Å². The molecule has 1 aliphatic heterocycles. The van der Waals surface area contributed by atoms with Crippen LogP contribution in [0, 0.1) is 0 Å². The maximum Gasteiger partial charge on any atom is 0.283 e. The maximum absolute atomic E-state index is 13.3. The van der Waals surface area contributed by atoms with Crippen LogP contribution in [0.4, 0.5) is 11.4 Å². The van der Waals surface area contributed by atoms with Crippen LogP contribution in [0.1, 0.15) is 0 Å². The average Bonchev–Trinajstić information content (AvgIpc) is 2.94. The molecule has 0 fully saturated rings. The molecule has 0 spiro atoms. The van der Waals surface area contributed by atoms with Crippen LogP contribution in [0.25, 0.3) is 0 Å². The van der Waals surface area contributed by atoms with E-state index in [4.69, 9.17) is 34.8 Å². The lowest BCUT2D eigenvalue weighted by molar-refractivity contribution is -0.120. The van der Waals surface area contributed by atoms with E-state index in [2.05, 4.69) is 21.2 Å². The van der Waals surface area contributed by atoms with Gasteiger partial charge in [0, 0.05) is 30.1 Å². The molecule has 0 unspecified atom stereocenters. The predicted octanol–water partition coefficient (Wildman–Crippen LogP) is 7.40. The second kappa shape index (κ2) is 9.27. The summed E-state index contributed by atoms with van der Waals surface area (Å²) >= 11 is 22.7. The number of hydrogen-bond donors (Lipinski definition) is 1. The third-order valence-corrected chi connectivity index (χ3v) is 6.60. The van der Waals surface area contributed by atoms with Gasteiger partial charge in [-0.1, -0.05) is 62.5 Å². The number of anilines is 2. The minimum absolute atomic E-state index is 0.170. The van der Waals surface area contributed by atoms with Gasteiger partial charge in [0.2, 0.25) is 0 Å². The quantitative estimate of drug-likeness (QED) is 0.334. The molecule has 0 atom stereocenters. The van der Waals surface area contributed by atoms with Gasteiger partial charge in [-0.25, -0.2) is 4.90 Å². The predicted molar refractivity (Wildman–Crippen MR) is 131 cm³/mol. The Labute approximate surface area is 206 Å². The largest absolute Gasteiger partial charge is 0.350 e. The first-order valence-corrected chi connectivity index (χ1v) is 11.6. The van der Waals surface area contributed by atoms with Gasteiger partial charge in [-0.15, -0.1) is 0 Å². The van der Waals surface area contributed by atoms with Crippen LogP contribution in [0.5, 0.6) is 0 Å². The number of rotatable bonds is 5. The summed E-state index contributed by atoms with van der Waals surface area (Å²) in [6.07, 6.45) is 0. The van der Waals surface area contributed by atoms with Crippen molar-refractivity contribution in [3.05, 3.63) is 96.9 Å². The summed E-state index contributed by atoms with van der Waals surface area (Å²) in [7, 11) is 0. The van der Waals surface area contributed by atoms with Crippen molar-refractivity contribution in [2.75, 3.05) is 10.2 Å². The molecule has 0 saturated carbocycles. The van der Waals surface area contributed by atoms with Gasteiger partial charge in [-0.05, 0) is 66.7 Å². The van der Waals surface area contributed by atoms with Crippen LogP contribution < -0.4 is 10.2 Å². The lowest BCUT2D eigenvalue weighted by atomic mass is 10.3. The van der Waals surface area contributed by atoms with Gasteiger partial charge in [0.1, 0.15) is 10.6 Å². The minimum Gasteiger partial charge on any atom is -0.350 e. The highest BCUT2D eigenvalue weighted by Crippen LogP contribution is 2.39. The Bertz CT molecular complexity index is 1120. The van der Waals surface area contributed by atoms with Gasteiger partial charge in [0.15, 0.2) is 0 Å². The highest BCUT2D eigenvalue weighted by molar-refractivity contribution is 9.10. The Morgan fingerprint density at radius 1 is 0.774 bits per heavy atom. The van der Waals surface area contributed by atoms with Gasteiger partial charge in [0.05, 0.1) is 5.69 Å². The third kappa shape index (κ3) is 4.94. The summed E-state index contributed by atoms with van der Waals surface area (Å²) in [5.74, 6) is -0.967. The SMILES string of the molecule is O=C1C(Nc2ccc(Br)cc2)=C(Sc2ccc(Cl)cc2)C(=O)N1c1cc(Cl)cc(Cl)c1. The van der Waals surface area contributed by atoms with Gasteiger partial charge in [-0.2, -0.15) is 0 Å². The van der Waals surface area contributed by atoms with Crippen molar-refractivity contribution in [3.63, 3.8) is 0 Å². The number of benzene rings is 3. The summed E-state index contributed by atoms with van der Waals surface area (Å²) in [4.78, 5) is 28.7. The van der Waals surface area contributed by atoms with E-state index in [9.17, 15) is 9.59 Å². The minimum atomic E-state index is -0.497. The zero-order valence-electron chi connectivity index (χ0n) is 15.5. The fraction of sp³-hybridized carbons (Fsp3) is 0. The zero-order chi connectivity index (χ0) is 22.1. The molecule has 0 aliphatic carbocycles. The van der Waals surface area contributed by atoms with Crippen LogP contribution in [-0.4, -0.2) is 11.8 Å². The molecular formula is C22H12BrCl3N2O2S. The first-order chi connectivity index (χ1) is 14.8. The highest BCUT2D eigenvalue weighted by atomic mass is 79.9. The zero-order valence-corrected chi connectivity index (χ0v) is 20.2. The van der Waals surface area contributed by atoms with Crippen molar-refractivity contribution in [3.8, 4) is 0 Å². The van der Waals surface area contributed by atoms with Crippen molar-refractivity contribution in [2.45, 2.75) is 4.90 Å². The molecule has 0 aromatic heterocycles. The number of halogens is 4. The fourth-order valence-electron chi connectivity index (χ4n) is 2.92. The van der Waals surface area contributed by atoms with E-state index in [0.29, 0.717) is 26.4 Å². The summed E-state index contributed by atoms with van der Waals surface area (Å²) in [5, 5.41) is 4.32. The Hall–Kier alpha value is -1.96. The Morgan fingerprint density at radius 3 is 2.00 bits per heavy atom. The molecule has 1 N–H and O–H groups in total. The van der Waals surface area contributed by atoms with Gasteiger partial charge >= 0.3 is 0 Å². The summed E-state index contributed by atoms with van der Waals surface area (Å²) < 4.78 is 0.895. The molecule has 156 valence electrons. The standard InChI is InChI=1S/C22H12BrCl3N2O2S/c23-12-1-5-16(6-2-12)27-19-20(31-18-7-3-13(24)4-8-18)22(30)28(21(19)29)17-10-14(25)9-15(26)11-17/h1-11,27H. The second-order valence-corrected chi connectivity index (χ2v) is 9.77. The van der Waals surface area contributed by atoms with Crippen LogP contribution in [0.2, 0.25) is 15.1 Å². The molecule has 1 heterocycles. The second-order valence-electron chi connectivity index (χ2n) is 6.47. The van der Waals surface area contributed by atoms with Crippen LogP contribution in [-0.2, 0) is 9.59 Å². The Morgan fingerprint density at radius 2 is 1.39 bits per heavy atom. The normalized spacial score (nSPS) is 13.9. The van der Waals surface area contributed by atoms with E-state index in [0.717, 1.165) is 14.3 Å². The molecule has 0 radical (unpaired) electrons. The number of hydrogen-bond acceptors (Lipinski definition) is 4. The monoisotopic (exact) mass is 552 g/mol. The van der Waals surface area contributed by atoms with Gasteiger partial charge < -0.3 is 5.32 Å². The van der Waals surface area contributed by atoms with E-state index < -0.39 is 11.8 Å².